The molecule has 0 fully saturated rings. The standard InChI is InChI=1S/C12H22N4O2S/c1-5-6-13-12-14-7-11(8-15-12)19(17,18)16-10(4)9(2)3/h7-10,16H,5-6H2,1-4H3,(H,13,14,15). The van der Waals surface area contributed by atoms with Crippen LogP contribution in [0.5, 0.6) is 0 Å². The minimum absolute atomic E-state index is 0.0852. The average molecular weight is 286 g/mol. The minimum Gasteiger partial charge on any atom is -0.354 e. The van der Waals surface area contributed by atoms with Gasteiger partial charge in [0, 0.05) is 12.6 Å². The Hall–Kier alpha value is -1.21. The average Bonchev–Trinajstić information content (AvgIpc) is 2.36. The molecule has 0 aromatic carbocycles. The van der Waals surface area contributed by atoms with Crippen molar-refractivity contribution < 1.29 is 8.42 Å². The first-order valence-corrected chi connectivity index (χ1v) is 7.93. The fourth-order valence-corrected chi connectivity index (χ4v) is 2.51. The minimum atomic E-state index is -3.54. The molecule has 0 radical (unpaired) electrons. The van der Waals surface area contributed by atoms with E-state index in [0.29, 0.717) is 5.95 Å². The maximum Gasteiger partial charge on any atom is 0.243 e. The van der Waals surface area contributed by atoms with Crippen molar-refractivity contribution in [1.82, 2.24) is 14.7 Å². The lowest BCUT2D eigenvalue weighted by Crippen LogP contribution is -2.36. The Kier molecular flexibility index (Phi) is 5.68. The Morgan fingerprint density at radius 2 is 1.79 bits per heavy atom. The van der Waals surface area contributed by atoms with Gasteiger partial charge in [0.1, 0.15) is 4.90 Å². The van der Waals surface area contributed by atoms with Crippen LogP contribution in [0.3, 0.4) is 0 Å². The Morgan fingerprint density at radius 1 is 1.21 bits per heavy atom. The van der Waals surface area contributed by atoms with Crippen LogP contribution in [-0.4, -0.2) is 31.0 Å². The van der Waals surface area contributed by atoms with Gasteiger partial charge in [-0.2, -0.15) is 0 Å². The first kappa shape index (κ1) is 15.8. The van der Waals surface area contributed by atoms with Gasteiger partial charge < -0.3 is 5.32 Å². The van der Waals surface area contributed by atoms with Gasteiger partial charge in [-0.05, 0) is 19.3 Å². The van der Waals surface area contributed by atoms with Crippen molar-refractivity contribution >= 4 is 16.0 Å². The van der Waals surface area contributed by atoms with Crippen molar-refractivity contribution in [3.63, 3.8) is 0 Å². The van der Waals surface area contributed by atoms with E-state index in [-0.39, 0.29) is 16.9 Å². The summed E-state index contributed by atoms with van der Waals surface area (Å²) in [6.07, 6.45) is 3.59. The molecule has 1 aromatic rings. The lowest BCUT2D eigenvalue weighted by molar-refractivity contribution is 0.476. The highest BCUT2D eigenvalue weighted by Crippen LogP contribution is 2.10. The van der Waals surface area contributed by atoms with Gasteiger partial charge in [-0.1, -0.05) is 20.8 Å². The Morgan fingerprint density at radius 3 is 2.26 bits per heavy atom. The van der Waals surface area contributed by atoms with Crippen LogP contribution in [0.1, 0.15) is 34.1 Å². The first-order valence-electron chi connectivity index (χ1n) is 6.45. The highest BCUT2D eigenvalue weighted by molar-refractivity contribution is 7.89. The third-order valence-corrected chi connectivity index (χ3v) is 4.33. The van der Waals surface area contributed by atoms with E-state index in [4.69, 9.17) is 0 Å². The van der Waals surface area contributed by atoms with E-state index >= 15 is 0 Å². The molecule has 1 atom stereocenters. The van der Waals surface area contributed by atoms with Crippen LogP contribution in [0.2, 0.25) is 0 Å². The number of sulfonamides is 1. The molecule has 0 aliphatic carbocycles. The zero-order valence-electron chi connectivity index (χ0n) is 11.8. The SMILES string of the molecule is CCCNc1ncc(S(=O)(=O)NC(C)C(C)C)cn1. The largest absolute Gasteiger partial charge is 0.354 e. The van der Waals surface area contributed by atoms with Crippen LogP contribution in [0.25, 0.3) is 0 Å². The van der Waals surface area contributed by atoms with Gasteiger partial charge >= 0.3 is 0 Å². The van der Waals surface area contributed by atoms with Crippen LogP contribution < -0.4 is 10.0 Å². The molecule has 1 heterocycles. The second-order valence-electron chi connectivity index (χ2n) is 4.82. The second-order valence-corrected chi connectivity index (χ2v) is 6.54. The molecule has 2 N–H and O–H groups in total. The van der Waals surface area contributed by atoms with E-state index in [1.807, 2.05) is 27.7 Å². The topological polar surface area (TPSA) is 84.0 Å². The summed E-state index contributed by atoms with van der Waals surface area (Å²) in [7, 11) is -3.54. The summed E-state index contributed by atoms with van der Waals surface area (Å²) in [6, 6.07) is -0.136. The first-order chi connectivity index (χ1) is 8.86. The molecular formula is C12H22N4O2S. The summed E-state index contributed by atoms with van der Waals surface area (Å²) in [6.45, 7) is 8.54. The summed E-state index contributed by atoms with van der Waals surface area (Å²) in [5.74, 6) is 0.666. The zero-order chi connectivity index (χ0) is 14.5. The number of hydrogen-bond donors (Lipinski definition) is 2. The summed E-state index contributed by atoms with van der Waals surface area (Å²) < 4.78 is 26.7. The van der Waals surface area contributed by atoms with Crippen molar-refractivity contribution in [1.29, 1.82) is 0 Å². The van der Waals surface area contributed by atoms with Gasteiger partial charge in [-0.15, -0.1) is 0 Å². The van der Waals surface area contributed by atoms with E-state index in [2.05, 4.69) is 20.0 Å². The quantitative estimate of drug-likeness (QED) is 0.795. The summed E-state index contributed by atoms with van der Waals surface area (Å²) in [4.78, 5) is 8.07. The van der Waals surface area contributed by atoms with E-state index in [9.17, 15) is 8.42 Å². The molecule has 0 saturated heterocycles. The molecule has 108 valence electrons. The third kappa shape index (κ3) is 4.76. The lowest BCUT2D eigenvalue weighted by atomic mass is 10.1. The van der Waals surface area contributed by atoms with Gasteiger partial charge in [0.2, 0.25) is 16.0 Å². The molecule has 1 unspecified atom stereocenters. The van der Waals surface area contributed by atoms with Gasteiger partial charge in [0.15, 0.2) is 0 Å². The fraction of sp³-hybridized carbons (Fsp3) is 0.667. The lowest BCUT2D eigenvalue weighted by Gasteiger charge is -2.17. The molecule has 0 saturated carbocycles. The second kappa shape index (κ2) is 6.81. The Balaban J connectivity index is 2.79. The molecule has 1 aromatic heterocycles. The van der Waals surface area contributed by atoms with Crippen molar-refractivity contribution in [2.24, 2.45) is 5.92 Å². The molecule has 6 nitrogen and oxygen atoms in total. The molecular weight excluding hydrogens is 264 g/mol. The van der Waals surface area contributed by atoms with Crippen molar-refractivity contribution in [3.8, 4) is 0 Å². The van der Waals surface area contributed by atoms with E-state index in [1.165, 1.54) is 12.4 Å². The molecule has 0 bridgehead atoms. The molecule has 0 aliphatic rings. The number of nitrogens with one attached hydrogen (secondary N) is 2. The number of rotatable bonds is 7. The van der Waals surface area contributed by atoms with Crippen molar-refractivity contribution in [2.45, 2.75) is 45.1 Å². The predicted molar refractivity (Wildman–Crippen MR) is 75.4 cm³/mol. The number of nitrogens with zero attached hydrogens (tertiary/aromatic N) is 2. The monoisotopic (exact) mass is 286 g/mol. The van der Waals surface area contributed by atoms with Gasteiger partial charge in [0.25, 0.3) is 0 Å². The van der Waals surface area contributed by atoms with Gasteiger partial charge in [0.05, 0.1) is 12.4 Å². The fourth-order valence-electron chi connectivity index (χ4n) is 1.23. The summed E-state index contributed by atoms with van der Waals surface area (Å²) >= 11 is 0. The molecule has 1 rings (SSSR count). The maximum absolute atomic E-state index is 12.1. The van der Waals surface area contributed by atoms with Crippen LogP contribution in [0.4, 0.5) is 5.95 Å². The number of anilines is 1. The zero-order valence-corrected chi connectivity index (χ0v) is 12.7. The summed E-state index contributed by atoms with van der Waals surface area (Å²) in [5, 5.41) is 2.99. The predicted octanol–water partition coefficient (Wildman–Crippen LogP) is 1.62. The Bertz CT molecular complexity index is 485. The van der Waals surface area contributed by atoms with Crippen LogP contribution in [0.15, 0.2) is 17.3 Å². The van der Waals surface area contributed by atoms with E-state index in [1.54, 1.807) is 0 Å². The van der Waals surface area contributed by atoms with Crippen LogP contribution >= 0.6 is 0 Å². The molecule has 0 aliphatic heterocycles. The van der Waals surface area contributed by atoms with Gasteiger partial charge in [-0.25, -0.2) is 23.1 Å². The Labute approximate surface area is 115 Å². The summed E-state index contributed by atoms with van der Waals surface area (Å²) in [5.41, 5.74) is 0. The van der Waals surface area contributed by atoms with E-state index < -0.39 is 10.0 Å². The van der Waals surface area contributed by atoms with Crippen LogP contribution in [0, 0.1) is 5.92 Å². The van der Waals surface area contributed by atoms with E-state index in [0.717, 1.165) is 13.0 Å². The third-order valence-electron chi connectivity index (χ3n) is 2.81. The highest BCUT2D eigenvalue weighted by Gasteiger charge is 2.19. The van der Waals surface area contributed by atoms with Crippen LogP contribution in [-0.2, 0) is 10.0 Å². The molecule has 0 amide bonds. The maximum atomic E-state index is 12.1. The molecule has 19 heavy (non-hydrogen) atoms. The number of aromatic nitrogens is 2. The molecule has 0 spiro atoms. The molecule has 7 heteroatoms. The van der Waals surface area contributed by atoms with Crippen molar-refractivity contribution in [3.05, 3.63) is 12.4 Å². The number of hydrogen-bond acceptors (Lipinski definition) is 5. The van der Waals surface area contributed by atoms with Gasteiger partial charge in [-0.3, -0.25) is 0 Å². The smallest absolute Gasteiger partial charge is 0.243 e. The normalized spacial score (nSPS) is 13.5. The van der Waals surface area contributed by atoms with Crippen molar-refractivity contribution in [2.75, 3.05) is 11.9 Å². The highest BCUT2D eigenvalue weighted by atomic mass is 32.2.